The topological polar surface area (TPSA) is 340 Å². The molecular weight excluding hydrogens is 1670 g/mol. The van der Waals surface area contributed by atoms with Gasteiger partial charge in [0.05, 0.1) is 10.7 Å². The van der Waals surface area contributed by atoms with Crippen molar-refractivity contribution in [3.63, 3.8) is 0 Å². The highest BCUT2D eigenvalue weighted by molar-refractivity contribution is 6.02. The van der Waals surface area contributed by atoms with Crippen molar-refractivity contribution in [2.45, 2.75) is 320 Å². The van der Waals surface area contributed by atoms with Crippen LogP contribution in [0.1, 0.15) is 313 Å². The number of hydrogen-bond donors (Lipinski definition) is 4. The first-order valence-electron chi connectivity index (χ1n) is 46.8. The third-order valence-corrected chi connectivity index (χ3v) is 16.6. The molecule has 2 aliphatic rings. The van der Waals surface area contributed by atoms with E-state index in [0.29, 0.717) is 19.6 Å². The molecular formula is C109H186N6O17. The third-order valence-electron chi connectivity index (χ3n) is 16.6. The fourth-order valence-electron chi connectivity index (χ4n) is 7.61. The van der Waals surface area contributed by atoms with E-state index in [1.54, 1.807) is 126 Å². The summed E-state index contributed by atoms with van der Waals surface area (Å²) in [6.07, 6.45) is 40.4. The minimum atomic E-state index is -0.718. The van der Waals surface area contributed by atoms with Crippen LogP contribution < -0.4 is 11.1 Å². The van der Waals surface area contributed by atoms with Crippen molar-refractivity contribution in [1.29, 1.82) is 0 Å². The van der Waals surface area contributed by atoms with E-state index in [0.717, 1.165) is 38.7 Å². The summed E-state index contributed by atoms with van der Waals surface area (Å²) in [6.45, 7) is 83.9. The second-order valence-electron chi connectivity index (χ2n) is 43.5. The maximum absolute atomic E-state index is 11.6. The molecule has 0 bridgehead atoms. The summed E-state index contributed by atoms with van der Waals surface area (Å²) in [4.78, 5) is 163. The number of hydrogen-bond acceptors (Lipinski definition) is 21. The molecule has 754 valence electrons. The number of nitrogens with zero attached hydrogens (tertiary/aromatic N) is 4. The molecule has 2 fully saturated rings. The first-order chi connectivity index (χ1) is 60.6. The first-order valence-corrected chi connectivity index (χ1v) is 45.3. The molecule has 0 unspecified atom stereocenters. The van der Waals surface area contributed by atoms with Crippen LogP contribution in [0.4, 0.5) is 0 Å². The van der Waals surface area contributed by atoms with Gasteiger partial charge in [-0.3, -0.25) is 72.1 Å². The van der Waals surface area contributed by atoms with Crippen LogP contribution in [0.5, 0.6) is 0 Å². The van der Waals surface area contributed by atoms with Crippen molar-refractivity contribution in [1.82, 2.24) is 24.9 Å². The normalized spacial score (nSPS) is 13.4. The predicted octanol–water partition coefficient (Wildman–Crippen LogP) is 18.7. The van der Waals surface area contributed by atoms with Gasteiger partial charge in [-0.05, 0) is 206 Å². The number of ketones is 11. The zero-order valence-electron chi connectivity index (χ0n) is 93.1. The monoisotopic (exact) mass is 1850 g/mol. The van der Waals surface area contributed by atoms with Crippen molar-refractivity contribution < 1.29 is 86.2 Å². The molecule has 0 atom stereocenters. The molecule has 2 saturated heterocycles. The lowest BCUT2D eigenvalue weighted by atomic mass is 9.90. The number of carbonyl (C=O) groups excluding carboxylic acids is 14. The second-order valence-corrected chi connectivity index (χ2v) is 43.5. The highest BCUT2D eigenvalue weighted by Gasteiger charge is 2.27. The van der Waals surface area contributed by atoms with Crippen LogP contribution in [0.3, 0.4) is 0 Å². The smallest absolute Gasteiger partial charge is 0.330 e. The minimum absolute atomic E-state index is 0.0179. The molecule has 2 heterocycles. The Labute approximate surface area is 807 Å². The fraction of sp³-hybridized carbons (Fsp3) is 0.651. The molecule has 132 heavy (non-hydrogen) atoms. The summed E-state index contributed by atoms with van der Waals surface area (Å²) >= 11 is 0. The molecule has 5 N–H and O–H groups in total. The van der Waals surface area contributed by atoms with Crippen LogP contribution in [-0.2, 0) is 71.9 Å². The number of likely N-dealkylation sites (N-methyl/N-ethyl adjacent to an activating group) is 1. The summed E-state index contributed by atoms with van der Waals surface area (Å²) in [7, 11) is 3.96. The van der Waals surface area contributed by atoms with Crippen molar-refractivity contribution in [2.75, 3.05) is 92.8 Å². The van der Waals surface area contributed by atoms with E-state index in [-0.39, 0.29) is 132 Å². The number of nitrogens with one attached hydrogen (secondary N) is 1. The Bertz CT molecular complexity index is 4000. The van der Waals surface area contributed by atoms with Gasteiger partial charge < -0.3 is 35.8 Å². The van der Waals surface area contributed by atoms with E-state index in [2.05, 4.69) is 51.1 Å². The van der Waals surface area contributed by atoms with Gasteiger partial charge in [-0.2, -0.15) is 0 Å². The highest BCUT2D eigenvalue weighted by atomic mass is 16.5. The Morgan fingerprint density at radius 1 is 0.462 bits per heavy atom. The number of allylic oxidation sites excluding steroid dienone is 9. The highest BCUT2D eigenvalue weighted by Crippen LogP contribution is 2.22. The lowest BCUT2D eigenvalue weighted by Crippen LogP contribution is -2.45. The Morgan fingerprint density at radius 2 is 0.803 bits per heavy atom. The number of terminal acetylenes is 2. The molecule has 23 heteroatoms. The second kappa shape index (κ2) is 72.4. The first kappa shape index (κ1) is 136. The summed E-state index contributed by atoms with van der Waals surface area (Å²) in [5.74, 6) is 7.78. The number of likely N-dealkylation sites (tertiary alicyclic amines) is 2. The number of piperidine rings is 1. The zero-order chi connectivity index (χ0) is 109. The van der Waals surface area contributed by atoms with Gasteiger partial charge in [0, 0.05) is 111 Å². The minimum Gasteiger partial charge on any atom is -0.463 e. The Morgan fingerprint density at radius 3 is 1.04 bits per heavy atom. The third kappa shape index (κ3) is 95.5. The molecule has 0 aromatic carbocycles. The van der Waals surface area contributed by atoms with Crippen molar-refractivity contribution in [3.8, 4) is 36.5 Å². The molecule has 0 spiro atoms. The van der Waals surface area contributed by atoms with E-state index < -0.39 is 40.6 Å². The number of aliphatic hydroxyl groups is 2. The Hall–Kier alpha value is -9.12. The van der Waals surface area contributed by atoms with Gasteiger partial charge in [-0.1, -0.05) is 270 Å². The number of ether oxygens (including phenoxy) is 1. The molecule has 0 saturated carbocycles. The van der Waals surface area contributed by atoms with Gasteiger partial charge in [0.1, 0.15) is 6.61 Å². The Balaban J connectivity index is -0.000000158. The number of Topliss-reactive ketones (excluding diaryl/α,β-unsaturated/α-hetero) is 2. The summed E-state index contributed by atoms with van der Waals surface area (Å²) < 4.78 is 25.1. The van der Waals surface area contributed by atoms with E-state index in [1.165, 1.54) is 89.2 Å². The molecule has 0 aliphatic carbocycles. The lowest BCUT2D eigenvalue weighted by Gasteiger charge is -2.34. The largest absolute Gasteiger partial charge is 0.463 e. The lowest BCUT2D eigenvalue weighted by molar-refractivity contribution is -0.137. The van der Waals surface area contributed by atoms with E-state index in [4.69, 9.17) is 32.9 Å². The van der Waals surface area contributed by atoms with Gasteiger partial charge in [-0.15, -0.1) is 12.8 Å². The predicted molar refractivity (Wildman–Crippen MR) is 549 cm³/mol. The molecule has 0 radical (unpaired) electrons. The number of rotatable bonds is 23. The maximum atomic E-state index is 11.6. The van der Waals surface area contributed by atoms with Crippen LogP contribution in [0.15, 0.2) is 110 Å². The average molecular weight is 1860 g/mol. The number of aliphatic hydroxyl groups excluding tert-OH is 2. The quantitative estimate of drug-likeness (QED) is 0.0319. The van der Waals surface area contributed by atoms with Crippen molar-refractivity contribution in [2.24, 2.45) is 59.9 Å². The maximum Gasteiger partial charge on any atom is 0.330 e. The molecule has 0 aromatic heterocycles. The summed E-state index contributed by atoms with van der Waals surface area (Å²) in [5, 5.41) is 19.3. The number of nitrogens with two attached hydrogens (primary N) is 1. The molecule has 23 nitrogen and oxygen atoms in total. The van der Waals surface area contributed by atoms with Crippen LogP contribution in [0.2, 0.25) is 0 Å². The van der Waals surface area contributed by atoms with E-state index in [9.17, 15) is 67.1 Å². The van der Waals surface area contributed by atoms with Crippen LogP contribution in [0.25, 0.3) is 0 Å². The van der Waals surface area contributed by atoms with Crippen LogP contribution in [0, 0.1) is 90.7 Å². The van der Waals surface area contributed by atoms with Gasteiger partial charge in [0.15, 0.2) is 52.0 Å². The number of carbonyl (C=O) groups is 14. The van der Waals surface area contributed by atoms with Gasteiger partial charge in [0.2, 0.25) is 17.5 Å². The van der Waals surface area contributed by atoms with Crippen molar-refractivity contribution in [3.05, 3.63) is 110 Å². The standard InChI is InChI=1S/C13H23NO.C11H19NO.2C10H19NO.C10H16O3.C9H14O2.C9H16O2.C8H15NO.C8H12O2.C7H11NO.C7H12O.C7H10O/c1-13(2,3)12(15)8-7-11-14-9-5-4-6-10-14;1-11(2,3)10(13)6-4-7-12-8-5-9-12;1-10(2,3)9(12)7-6-8-11(4)5;1-6-8-11(9(12)7-2)10(3,4)5;1-5-13-9(12)7-6-8(11)10(2,3)4;1-7(10)5-6-8(11)9(2,3)4;1-9(2,3)8(11)6-4-5-7-10;2*1-8(2,3)7(10)5-4-6-9;1-5-6(9)8-7(2,3)4;2*1-5-6(8)7(2,3)4/h7-8H,4-6,9-11H2,1-3H3;4,6H,5,7-9H2,1-3H3;6-7H,8H2,1-5H3;7H,2,6,8H2,1,3-5H3;6-7H,5H2,1-4H3;5-6H,1-4H3;4,6,10H,5,7H2,1-3H3;4-5H,6,9H2,1-3H3;9H,6H2,1-3H3;1H,2-4H3,(H,8,9);5H,1H2,2-4H3;1H,2-4H3/b8-7+;6-4+;7-6+;;7-6+;6-5+;6-4+;5-4+;;;;/i;;;;;;;;;;1D2,5D;. The van der Waals surface area contributed by atoms with Gasteiger partial charge in [-0.25, -0.2) is 4.79 Å². The van der Waals surface area contributed by atoms with Gasteiger partial charge in [0.25, 0.3) is 5.91 Å². The van der Waals surface area contributed by atoms with Gasteiger partial charge >= 0.3 is 5.97 Å². The Kier molecular flexibility index (Phi) is 74.5. The average Bonchev–Trinajstić information content (AvgIpc) is 0.868. The zero-order valence-corrected chi connectivity index (χ0v) is 90.1. The van der Waals surface area contributed by atoms with Crippen LogP contribution >= 0.6 is 0 Å². The fourth-order valence-corrected chi connectivity index (χ4v) is 7.61. The van der Waals surface area contributed by atoms with Crippen LogP contribution in [-0.4, -0.2) is 215 Å². The summed E-state index contributed by atoms with van der Waals surface area (Å²) in [6, 6.07) is -0.516. The molecule has 0 aromatic rings. The van der Waals surface area contributed by atoms with E-state index in [1.807, 2.05) is 214 Å². The summed E-state index contributed by atoms with van der Waals surface area (Å²) in [5.41, 5.74) is 1.31. The molecule has 2 amide bonds. The van der Waals surface area contributed by atoms with Crippen molar-refractivity contribution >= 4 is 81.4 Å². The van der Waals surface area contributed by atoms with E-state index >= 15 is 0 Å². The molecule has 2 aliphatic heterocycles. The number of amides is 2. The SMILES string of the molecule is C#CC(=O)C(C)(C)C.C#CC(=O)NC(C)(C)C.C=CC(=O)N(CCC)C(C)(C)C.CC(=O)/C=C/C(=O)C(C)(C)C.CC(C)(C)C(=O)/C=C/CCO.CC(C)(C)C(=O)/C=C/CN.CC(C)(C)C(=O)/C=C/CN1CCC1.CC(C)(C)C(=O)/C=C/CN1CCCCC1.CC(C)(C)C(=O)C#CCO.CCOC(=O)/C=C/C(=O)C(C)(C)C.CN(C)C/C=C/C(=O)C(C)(C)C.[2H]C([2H])=C([2H])C(=O)C(C)(C)C. The number of esters is 1. The molecule has 2 rings (SSSR count).